The molecule has 3 rings (SSSR count). The molecule has 32 heavy (non-hydrogen) atoms. The van der Waals surface area contributed by atoms with E-state index in [0.717, 1.165) is 11.6 Å². The molecule has 3 N–H and O–H groups in total. The third-order valence-corrected chi connectivity index (χ3v) is 6.14. The average molecular weight is 457 g/mol. The molecule has 0 spiro atoms. The third-order valence-electron chi connectivity index (χ3n) is 4.72. The predicted molar refractivity (Wildman–Crippen MR) is 122 cm³/mol. The zero-order valence-corrected chi connectivity index (χ0v) is 18.5. The lowest BCUT2D eigenvalue weighted by Crippen LogP contribution is -2.17. The van der Waals surface area contributed by atoms with Crippen molar-refractivity contribution in [3.8, 4) is 11.5 Å². The maximum absolute atomic E-state index is 13.0. The summed E-state index contributed by atoms with van der Waals surface area (Å²) in [5, 5.41) is 12.4. The molecule has 0 saturated carbocycles. The Balaban J connectivity index is 1.82. The maximum atomic E-state index is 13.0. The number of carboxylic acids is 1. The Morgan fingerprint density at radius 1 is 0.938 bits per heavy atom. The monoisotopic (exact) mass is 456 g/mol. The summed E-state index contributed by atoms with van der Waals surface area (Å²) in [7, 11) is -0.910. The van der Waals surface area contributed by atoms with Crippen molar-refractivity contribution < 1.29 is 27.8 Å². The van der Waals surface area contributed by atoms with E-state index in [-0.39, 0.29) is 10.5 Å². The largest absolute Gasteiger partial charge is 0.493 e. The molecule has 168 valence electrons. The first-order chi connectivity index (χ1) is 15.3. The minimum Gasteiger partial charge on any atom is -0.493 e. The second kappa shape index (κ2) is 10.1. The maximum Gasteiger partial charge on any atom is 0.335 e. The number of hydrogen-bond donors (Lipinski definition) is 3. The lowest BCUT2D eigenvalue weighted by Gasteiger charge is -2.15. The molecule has 0 atom stereocenters. The van der Waals surface area contributed by atoms with E-state index < -0.39 is 16.0 Å². The van der Waals surface area contributed by atoms with Crippen LogP contribution < -0.4 is 19.5 Å². The van der Waals surface area contributed by atoms with E-state index in [1.807, 2.05) is 12.1 Å². The number of para-hydroxylation sites is 1. The number of carbonyl (C=O) groups is 1. The third kappa shape index (κ3) is 5.50. The van der Waals surface area contributed by atoms with Gasteiger partial charge >= 0.3 is 5.97 Å². The number of rotatable bonds is 10. The highest BCUT2D eigenvalue weighted by molar-refractivity contribution is 7.92. The molecule has 0 aliphatic heterocycles. The van der Waals surface area contributed by atoms with Crippen molar-refractivity contribution in [3.05, 3.63) is 77.9 Å². The minimum absolute atomic E-state index is 0.121. The van der Waals surface area contributed by atoms with Gasteiger partial charge in [0.05, 0.1) is 25.5 Å². The van der Waals surface area contributed by atoms with Gasteiger partial charge in [0.2, 0.25) is 0 Å². The smallest absolute Gasteiger partial charge is 0.335 e. The van der Waals surface area contributed by atoms with Crippen LogP contribution in [0.3, 0.4) is 0 Å². The molecule has 0 fully saturated rings. The van der Waals surface area contributed by atoms with Crippen LogP contribution in [0.1, 0.15) is 15.9 Å². The molecule has 0 saturated heterocycles. The number of aromatic carboxylic acids is 1. The molecule has 9 heteroatoms. The number of benzene rings is 3. The van der Waals surface area contributed by atoms with E-state index in [1.54, 1.807) is 50.6 Å². The molecular weight excluding hydrogens is 432 g/mol. The summed E-state index contributed by atoms with van der Waals surface area (Å²) in [5.41, 5.74) is 1.52. The number of carboxylic acid groups (broad SMARTS) is 1. The first kappa shape index (κ1) is 23.0. The number of anilines is 2. The van der Waals surface area contributed by atoms with Crippen LogP contribution in [0.4, 0.5) is 11.4 Å². The predicted octanol–water partition coefficient (Wildman–Crippen LogP) is 3.86. The van der Waals surface area contributed by atoms with Gasteiger partial charge in [-0.3, -0.25) is 4.72 Å². The Hall–Kier alpha value is -3.72. The van der Waals surface area contributed by atoms with Gasteiger partial charge in [-0.1, -0.05) is 24.3 Å². The van der Waals surface area contributed by atoms with Gasteiger partial charge in [0.25, 0.3) is 10.0 Å². The van der Waals surface area contributed by atoms with Crippen molar-refractivity contribution in [2.75, 3.05) is 30.8 Å². The number of hydrogen-bond acceptors (Lipinski definition) is 6. The average Bonchev–Trinajstić information content (AvgIpc) is 2.79. The lowest BCUT2D eigenvalue weighted by molar-refractivity contribution is 0.0696. The molecule has 8 nitrogen and oxygen atoms in total. The SMILES string of the molecule is COc1ccc(CCNc2ccc(C(=O)O)cc2S(=O)(=O)Nc2ccccc2)cc1OC. The summed E-state index contributed by atoms with van der Waals surface area (Å²) in [4.78, 5) is 11.3. The van der Waals surface area contributed by atoms with E-state index in [9.17, 15) is 18.3 Å². The first-order valence-corrected chi connectivity index (χ1v) is 11.2. The van der Waals surface area contributed by atoms with Crippen LogP contribution in [-0.2, 0) is 16.4 Å². The molecule has 0 aromatic heterocycles. The van der Waals surface area contributed by atoms with Crippen LogP contribution in [0.15, 0.2) is 71.6 Å². The van der Waals surface area contributed by atoms with Crippen molar-refractivity contribution in [2.24, 2.45) is 0 Å². The number of sulfonamides is 1. The Kier molecular flexibility index (Phi) is 7.21. The first-order valence-electron chi connectivity index (χ1n) is 9.74. The number of ether oxygens (including phenoxy) is 2. The van der Waals surface area contributed by atoms with Crippen LogP contribution in [-0.4, -0.2) is 40.3 Å². The Labute approximate surface area is 186 Å². The van der Waals surface area contributed by atoms with Crippen LogP contribution in [0.5, 0.6) is 11.5 Å². The van der Waals surface area contributed by atoms with Gasteiger partial charge in [-0.05, 0) is 54.4 Å². The zero-order chi connectivity index (χ0) is 23.1. The Bertz CT molecular complexity index is 1200. The highest BCUT2D eigenvalue weighted by atomic mass is 32.2. The molecule has 3 aromatic rings. The van der Waals surface area contributed by atoms with E-state index in [4.69, 9.17) is 9.47 Å². The van der Waals surface area contributed by atoms with Crippen molar-refractivity contribution in [3.63, 3.8) is 0 Å². The van der Waals surface area contributed by atoms with E-state index in [2.05, 4.69) is 10.0 Å². The molecule has 0 bridgehead atoms. The van der Waals surface area contributed by atoms with Gasteiger partial charge in [-0.15, -0.1) is 0 Å². The van der Waals surface area contributed by atoms with Gasteiger partial charge in [0, 0.05) is 12.2 Å². The summed E-state index contributed by atoms with van der Waals surface area (Å²) >= 11 is 0. The second-order valence-corrected chi connectivity index (χ2v) is 8.50. The van der Waals surface area contributed by atoms with E-state index in [0.29, 0.717) is 35.8 Å². The fraction of sp³-hybridized carbons (Fsp3) is 0.174. The van der Waals surface area contributed by atoms with E-state index >= 15 is 0 Å². The Morgan fingerprint density at radius 3 is 2.31 bits per heavy atom. The Morgan fingerprint density at radius 2 is 1.66 bits per heavy atom. The highest BCUT2D eigenvalue weighted by Crippen LogP contribution is 2.28. The normalized spacial score (nSPS) is 10.9. The number of methoxy groups -OCH3 is 2. The van der Waals surface area contributed by atoms with Crippen LogP contribution in [0.2, 0.25) is 0 Å². The molecule has 0 aliphatic carbocycles. The van der Waals surface area contributed by atoms with Gasteiger partial charge in [0.15, 0.2) is 11.5 Å². The van der Waals surface area contributed by atoms with Gasteiger partial charge in [0.1, 0.15) is 4.90 Å². The summed E-state index contributed by atoms with van der Waals surface area (Å²) in [6, 6.07) is 17.9. The van der Waals surface area contributed by atoms with Gasteiger partial charge < -0.3 is 19.9 Å². The second-order valence-electron chi connectivity index (χ2n) is 6.85. The highest BCUT2D eigenvalue weighted by Gasteiger charge is 2.21. The molecular formula is C23H24N2O6S. The molecule has 0 unspecified atom stereocenters. The van der Waals surface area contributed by atoms with Crippen LogP contribution >= 0.6 is 0 Å². The summed E-state index contributed by atoms with van der Waals surface area (Å²) in [5.74, 6) is 0.0120. The van der Waals surface area contributed by atoms with Gasteiger partial charge in [-0.2, -0.15) is 0 Å². The molecule has 0 amide bonds. The van der Waals surface area contributed by atoms with Crippen LogP contribution in [0, 0.1) is 0 Å². The molecule has 3 aromatic carbocycles. The molecule has 0 heterocycles. The van der Waals surface area contributed by atoms with Crippen molar-refractivity contribution >= 4 is 27.4 Å². The number of nitrogens with one attached hydrogen (secondary N) is 2. The van der Waals surface area contributed by atoms with Crippen molar-refractivity contribution in [2.45, 2.75) is 11.3 Å². The topological polar surface area (TPSA) is 114 Å². The fourth-order valence-corrected chi connectivity index (χ4v) is 4.39. The summed E-state index contributed by atoms with van der Waals surface area (Å²) in [6.07, 6.45) is 0.576. The minimum atomic E-state index is -4.03. The quantitative estimate of drug-likeness (QED) is 0.424. The van der Waals surface area contributed by atoms with Crippen molar-refractivity contribution in [1.29, 1.82) is 0 Å². The molecule has 0 radical (unpaired) electrons. The van der Waals surface area contributed by atoms with Crippen LogP contribution in [0.25, 0.3) is 0 Å². The lowest BCUT2D eigenvalue weighted by atomic mass is 10.1. The summed E-state index contributed by atoms with van der Waals surface area (Å²) in [6.45, 7) is 0.412. The van der Waals surface area contributed by atoms with E-state index in [1.165, 1.54) is 12.1 Å². The zero-order valence-electron chi connectivity index (χ0n) is 17.7. The molecule has 0 aliphatic rings. The van der Waals surface area contributed by atoms with Crippen molar-refractivity contribution in [1.82, 2.24) is 0 Å². The summed E-state index contributed by atoms with van der Waals surface area (Å²) < 4.78 is 39.0. The van der Waals surface area contributed by atoms with Gasteiger partial charge in [-0.25, -0.2) is 13.2 Å². The fourth-order valence-electron chi connectivity index (χ4n) is 3.12. The standard InChI is InChI=1S/C23H24N2O6S/c1-30-20-11-8-16(14-21(20)31-2)12-13-24-19-10-9-17(23(26)27)15-22(19)32(28,29)25-18-6-4-3-5-7-18/h3-11,14-15,24-25H,12-13H2,1-2H3,(H,26,27).